The largest absolute Gasteiger partial charge is 0.493 e. The Hall–Kier alpha value is -2.29. The number of carbonyl (C=O) groups is 1. The minimum Gasteiger partial charge on any atom is -0.493 e. The van der Waals surface area contributed by atoms with Crippen molar-refractivity contribution in [2.45, 2.75) is 6.42 Å². The average molecular weight is 242 g/mol. The van der Waals surface area contributed by atoms with Crippen LogP contribution in [0, 0.1) is 0 Å². The van der Waals surface area contributed by atoms with Gasteiger partial charge in [0, 0.05) is 6.42 Å². The lowest BCUT2D eigenvalue weighted by Gasteiger charge is -2.06. The van der Waals surface area contributed by atoms with Crippen LogP contribution in [-0.2, 0) is 6.42 Å². The van der Waals surface area contributed by atoms with E-state index in [1.54, 1.807) is 18.2 Å². The van der Waals surface area contributed by atoms with E-state index in [4.69, 9.17) is 9.84 Å². The van der Waals surface area contributed by atoms with E-state index < -0.39 is 5.97 Å². The van der Waals surface area contributed by atoms with Crippen molar-refractivity contribution in [3.63, 3.8) is 0 Å². The molecule has 0 bridgehead atoms. The number of rotatable bonds is 5. The molecule has 0 fully saturated rings. The fourth-order valence-electron chi connectivity index (χ4n) is 1.65. The molecule has 2 aromatic rings. The zero-order chi connectivity index (χ0) is 12.8. The number of aromatic carboxylic acids is 1. The van der Waals surface area contributed by atoms with Crippen LogP contribution in [0.2, 0.25) is 0 Å². The number of hydrogen-bond donors (Lipinski definition) is 1. The fourth-order valence-corrected chi connectivity index (χ4v) is 1.65. The summed E-state index contributed by atoms with van der Waals surface area (Å²) in [6, 6.07) is 16.5. The molecule has 0 aliphatic rings. The molecule has 2 aromatic carbocycles. The Morgan fingerprint density at radius 1 is 1.06 bits per heavy atom. The summed E-state index contributed by atoms with van der Waals surface area (Å²) in [5.41, 5.74) is 1.44. The minimum atomic E-state index is -0.941. The maximum atomic E-state index is 10.8. The van der Waals surface area contributed by atoms with Crippen molar-refractivity contribution < 1.29 is 14.6 Å². The highest BCUT2D eigenvalue weighted by atomic mass is 16.5. The van der Waals surface area contributed by atoms with Gasteiger partial charge >= 0.3 is 5.97 Å². The molecule has 2 rings (SSSR count). The molecule has 0 heterocycles. The Morgan fingerprint density at radius 2 is 1.83 bits per heavy atom. The Balaban J connectivity index is 1.90. The maximum Gasteiger partial charge on any atom is 0.335 e. The summed E-state index contributed by atoms with van der Waals surface area (Å²) in [4.78, 5) is 10.8. The third kappa shape index (κ3) is 3.35. The van der Waals surface area contributed by atoms with Crippen LogP contribution in [0.4, 0.5) is 0 Å². The van der Waals surface area contributed by atoms with Gasteiger partial charge in [0.1, 0.15) is 5.75 Å². The van der Waals surface area contributed by atoms with E-state index in [0.29, 0.717) is 12.4 Å². The summed E-state index contributed by atoms with van der Waals surface area (Å²) in [6.45, 7) is 0.535. The van der Waals surface area contributed by atoms with Crippen molar-refractivity contribution in [1.29, 1.82) is 0 Å². The van der Waals surface area contributed by atoms with Gasteiger partial charge in [-0.15, -0.1) is 0 Å². The monoisotopic (exact) mass is 242 g/mol. The first kappa shape index (κ1) is 12.2. The first-order valence-corrected chi connectivity index (χ1v) is 5.76. The summed E-state index contributed by atoms with van der Waals surface area (Å²) < 4.78 is 5.54. The highest BCUT2D eigenvalue weighted by Crippen LogP contribution is 2.13. The molecule has 0 aliphatic heterocycles. The van der Waals surface area contributed by atoms with Crippen molar-refractivity contribution >= 4 is 5.97 Å². The topological polar surface area (TPSA) is 46.5 Å². The summed E-state index contributed by atoms with van der Waals surface area (Å²) in [6.07, 6.45) is 0.804. The van der Waals surface area contributed by atoms with Crippen molar-refractivity contribution in [3.05, 3.63) is 65.7 Å². The second-order valence-electron chi connectivity index (χ2n) is 3.92. The molecule has 0 unspecified atom stereocenters. The van der Waals surface area contributed by atoms with Gasteiger partial charge in [-0.1, -0.05) is 36.4 Å². The van der Waals surface area contributed by atoms with Gasteiger partial charge in [0.25, 0.3) is 0 Å². The SMILES string of the molecule is O=C(O)c1cccc(OCCc2ccccc2)c1. The highest BCUT2D eigenvalue weighted by Gasteiger charge is 2.03. The molecule has 0 saturated carbocycles. The molecule has 3 heteroatoms. The van der Waals surface area contributed by atoms with Gasteiger partial charge in [-0.25, -0.2) is 4.79 Å². The van der Waals surface area contributed by atoms with Crippen LogP contribution < -0.4 is 4.74 Å². The van der Waals surface area contributed by atoms with Gasteiger partial charge in [-0.05, 0) is 23.8 Å². The van der Waals surface area contributed by atoms with Crippen molar-refractivity contribution in [1.82, 2.24) is 0 Å². The van der Waals surface area contributed by atoms with Gasteiger partial charge in [-0.2, -0.15) is 0 Å². The predicted molar refractivity (Wildman–Crippen MR) is 69.0 cm³/mol. The van der Waals surface area contributed by atoms with Crippen molar-refractivity contribution in [2.75, 3.05) is 6.61 Å². The average Bonchev–Trinajstić information content (AvgIpc) is 2.40. The van der Waals surface area contributed by atoms with Gasteiger partial charge < -0.3 is 9.84 Å². The molecule has 0 aliphatic carbocycles. The number of hydrogen-bond acceptors (Lipinski definition) is 2. The fraction of sp³-hybridized carbons (Fsp3) is 0.133. The molecule has 0 spiro atoms. The quantitative estimate of drug-likeness (QED) is 0.876. The van der Waals surface area contributed by atoms with Gasteiger partial charge in [0.05, 0.1) is 12.2 Å². The van der Waals surface area contributed by atoms with Crippen LogP contribution >= 0.6 is 0 Å². The zero-order valence-electron chi connectivity index (χ0n) is 9.87. The molecule has 0 atom stereocenters. The molecule has 92 valence electrons. The zero-order valence-corrected chi connectivity index (χ0v) is 9.87. The second-order valence-corrected chi connectivity index (χ2v) is 3.92. The van der Waals surface area contributed by atoms with Crippen LogP contribution in [0.3, 0.4) is 0 Å². The van der Waals surface area contributed by atoms with Gasteiger partial charge in [0.2, 0.25) is 0 Å². The third-order valence-corrected chi connectivity index (χ3v) is 2.58. The van der Waals surface area contributed by atoms with Gasteiger partial charge in [-0.3, -0.25) is 0 Å². The molecule has 0 radical (unpaired) electrons. The van der Waals surface area contributed by atoms with E-state index in [1.165, 1.54) is 11.6 Å². The summed E-state index contributed by atoms with van der Waals surface area (Å²) >= 11 is 0. The molecule has 18 heavy (non-hydrogen) atoms. The number of benzene rings is 2. The van der Waals surface area contributed by atoms with E-state index in [9.17, 15) is 4.79 Å². The Morgan fingerprint density at radius 3 is 2.56 bits per heavy atom. The van der Waals surface area contributed by atoms with E-state index in [0.717, 1.165) is 6.42 Å². The number of carboxylic acid groups (broad SMARTS) is 1. The second kappa shape index (κ2) is 5.87. The Bertz CT molecular complexity index is 520. The van der Waals surface area contributed by atoms with E-state index >= 15 is 0 Å². The smallest absolute Gasteiger partial charge is 0.335 e. The van der Waals surface area contributed by atoms with Crippen LogP contribution in [0.1, 0.15) is 15.9 Å². The van der Waals surface area contributed by atoms with E-state index in [1.807, 2.05) is 30.3 Å². The first-order chi connectivity index (χ1) is 8.75. The Kier molecular flexibility index (Phi) is 3.97. The molecule has 3 nitrogen and oxygen atoms in total. The third-order valence-electron chi connectivity index (χ3n) is 2.58. The molecule has 0 aromatic heterocycles. The number of ether oxygens (including phenoxy) is 1. The predicted octanol–water partition coefficient (Wildman–Crippen LogP) is 3.01. The van der Waals surface area contributed by atoms with Crippen molar-refractivity contribution in [2.24, 2.45) is 0 Å². The van der Waals surface area contributed by atoms with Crippen molar-refractivity contribution in [3.8, 4) is 5.75 Å². The summed E-state index contributed by atoms with van der Waals surface area (Å²) in [5, 5.41) is 8.86. The number of carboxylic acids is 1. The molecular weight excluding hydrogens is 228 g/mol. The van der Waals surface area contributed by atoms with E-state index in [-0.39, 0.29) is 5.56 Å². The summed E-state index contributed by atoms with van der Waals surface area (Å²) in [7, 11) is 0. The van der Waals surface area contributed by atoms with Gasteiger partial charge in [0.15, 0.2) is 0 Å². The van der Waals surface area contributed by atoms with Crippen LogP contribution in [0.5, 0.6) is 5.75 Å². The minimum absolute atomic E-state index is 0.243. The maximum absolute atomic E-state index is 10.8. The molecular formula is C15H14O3. The lowest BCUT2D eigenvalue weighted by molar-refractivity contribution is 0.0696. The lowest BCUT2D eigenvalue weighted by Crippen LogP contribution is -2.02. The van der Waals surface area contributed by atoms with Crippen LogP contribution in [-0.4, -0.2) is 17.7 Å². The Labute approximate surface area is 106 Å². The highest BCUT2D eigenvalue weighted by molar-refractivity contribution is 5.87. The first-order valence-electron chi connectivity index (χ1n) is 5.76. The van der Waals surface area contributed by atoms with E-state index in [2.05, 4.69) is 0 Å². The van der Waals surface area contributed by atoms with Crippen LogP contribution in [0.15, 0.2) is 54.6 Å². The van der Waals surface area contributed by atoms with Crippen LogP contribution in [0.25, 0.3) is 0 Å². The summed E-state index contributed by atoms with van der Waals surface area (Å²) in [5.74, 6) is -0.352. The normalized spacial score (nSPS) is 10.0. The lowest BCUT2D eigenvalue weighted by atomic mass is 10.2. The molecule has 0 saturated heterocycles. The molecule has 0 amide bonds. The molecule has 1 N–H and O–H groups in total. The standard InChI is InChI=1S/C15H14O3/c16-15(17)13-7-4-8-14(11-13)18-10-9-12-5-2-1-3-6-12/h1-8,11H,9-10H2,(H,16,17).